The number of hydrogen-bond acceptors (Lipinski definition) is 4. The van der Waals surface area contributed by atoms with Gasteiger partial charge in [0.15, 0.2) is 0 Å². The lowest BCUT2D eigenvalue weighted by Crippen LogP contribution is -2.38. The second kappa shape index (κ2) is 11.2. The van der Waals surface area contributed by atoms with Gasteiger partial charge in [0.05, 0.1) is 30.9 Å². The Bertz CT molecular complexity index is 1410. The van der Waals surface area contributed by atoms with Crippen molar-refractivity contribution in [3.05, 3.63) is 88.7 Å². The van der Waals surface area contributed by atoms with E-state index in [0.29, 0.717) is 12.3 Å². The predicted molar refractivity (Wildman–Crippen MR) is 148 cm³/mol. The van der Waals surface area contributed by atoms with Crippen molar-refractivity contribution in [2.24, 2.45) is 0 Å². The molecule has 0 atom stereocenters. The molecule has 1 aliphatic rings. The van der Waals surface area contributed by atoms with Crippen LogP contribution in [0.2, 0.25) is 0 Å². The van der Waals surface area contributed by atoms with Crippen molar-refractivity contribution in [2.45, 2.75) is 31.7 Å². The maximum absolute atomic E-state index is 12.9. The average Bonchev–Trinajstić information content (AvgIpc) is 3.32. The van der Waals surface area contributed by atoms with Crippen LogP contribution in [-0.4, -0.2) is 46.5 Å². The van der Waals surface area contributed by atoms with E-state index in [1.807, 2.05) is 64.1 Å². The lowest BCUT2D eigenvalue weighted by atomic mass is 9.89. The van der Waals surface area contributed by atoms with Gasteiger partial charge in [-0.1, -0.05) is 46.3 Å². The number of likely N-dealkylation sites (tertiary alicyclic amines) is 1. The van der Waals surface area contributed by atoms with Crippen LogP contribution in [0.15, 0.2) is 77.5 Å². The molecule has 0 aliphatic carbocycles. The number of amides is 2. The highest BCUT2D eigenvalue weighted by Gasteiger charge is 2.24. The first kappa shape index (κ1) is 25.0. The number of nitrogens with one attached hydrogen (secondary N) is 1. The maximum Gasteiger partial charge on any atom is 0.244 e. The molecular formula is C29H29BrN4O3. The van der Waals surface area contributed by atoms with E-state index in [0.717, 1.165) is 58.4 Å². The summed E-state index contributed by atoms with van der Waals surface area (Å²) in [5.41, 5.74) is 4.72. The molecule has 1 aliphatic heterocycles. The topological polar surface area (TPSA) is 76.5 Å². The number of rotatable bonds is 7. The Morgan fingerprint density at radius 1 is 1.05 bits per heavy atom. The number of ether oxygens (including phenoxy) is 1. The Morgan fingerprint density at radius 2 is 1.81 bits per heavy atom. The fourth-order valence-corrected chi connectivity index (χ4v) is 5.27. The molecule has 0 radical (unpaired) electrons. The van der Waals surface area contributed by atoms with Gasteiger partial charge in [0.1, 0.15) is 12.3 Å². The third-order valence-electron chi connectivity index (χ3n) is 6.95. The zero-order valence-electron chi connectivity index (χ0n) is 20.7. The van der Waals surface area contributed by atoms with Gasteiger partial charge in [-0.3, -0.25) is 9.59 Å². The Kier molecular flexibility index (Phi) is 7.55. The van der Waals surface area contributed by atoms with Crippen LogP contribution in [0.4, 0.5) is 5.69 Å². The van der Waals surface area contributed by atoms with Crippen LogP contribution in [0.3, 0.4) is 0 Å². The summed E-state index contributed by atoms with van der Waals surface area (Å²) in [7, 11) is 1.62. The quantitative estimate of drug-likeness (QED) is 0.328. The lowest BCUT2D eigenvalue weighted by Gasteiger charge is -2.32. The number of methoxy groups -OCH3 is 1. The van der Waals surface area contributed by atoms with Crippen molar-refractivity contribution in [2.75, 3.05) is 25.5 Å². The second-order valence-corrected chi connectivity index (χ2v) is 10.2. The Hall–Kier alpha value is -3.65. The monoisotopic (exact) mass is 560 g/mol. The van der Waals surface area contributed by atoms with Crippen LogP contribution in [0, 0.1) is 0 Å². The minimum absolute atomic E-state index is 0.0925. The van der Waals surface area contributed by atoms with Crippen molar-refractivity contribution in [3.8, 4) is 5.75 Å². The molecule has 5 rings (SSSR count). The molecule has 1 fully saturated rings. The highest BCUT2D eigenvalue weighted by atomic mass is 79.9. The summed E-state index contributed by atoms with van der Waals surface area (Å²) in [5.74, 6) is 1.16. The molecule has 0 saturated carbocycles. The highest BCUT2D eigenvalue weighted by Crippen LogP contribution is 2.30. The fourth-order valence-electron chi connectivity index (χ4n) is 4.93. The van der Waals surface area contributed by atoms with Gasteiger partial charge in [0, 0.05) is 28.8 Å². The average molecular weight is 561 g/mol. The normalized spacial score (nSPS) is 14.1. The van der Waals surface area contributed by atoms with Crippen LogP contribution in [0.5, 0.6) is 5.75 Å². The lowest BCUT2D eigenvalue weighted by molar-refractivity contribution is -0.131. The molecule has 190 valence electrons. The smallest absolute Gasteiger partial charge is 0.244 e. The number of imidazole rings is 1. The Morgan fingerprint density at radius 3 is 2.57 bits per heavy atom. The van der Waals surface area contributed by atoms with Crippen LogP contribution in [0.25, 0.3) is 11.0 Å². The van der Waals surface area contributed by atoms with E-state index in [4.69, 9.17) is 4.74 Å². The summed E-state index contributed by atoms with van der Waals surface area (Å²) in [6.45, 7) is 1.68. The number of nitrogens with zero attached hydrogens (tertiary/aromatic N) is 3. The van der Waals surface area contributed by atoms with Crippen molar-refractivity contribution >= 4 is 44.5 Å². The third kappa shape index (κ3) is 5.85. The van der Waals surface area contributed by atoms with Crippen LogP contribution >= 0.6 is 15.9 Å². The number of aromatic nitrogens is 2. The van der Waals surface area contributed by atoms with E-state index < -0.39 is 0 Å². The van der Waals surface area contributed by atoms with Gasteiger partial charge >= 0.3 is 0 Å². The largest absolute Gasteiger partial charge is 0.496 e. The first-order valence-corrected chi connectivity index (χ1v) is 13.2. The maximum atomic E-state index is 12.9. The molecule has 1 saturated heterocycles. The molecule has 1 aromatic heterocycles. The number of halogens is 1. The molecule has 8 heteroatoms. The van der Waals surface area contributed by atoms with Crippen LogP contribution in [-0.2, 0) is 22.6 Å². The summed E-state index contributed by atoms with van der Waals surface area (Å²) < 4.78 is 8.21. The number of carbonyl (C=O) groups excluding carboxylic acids is 2. The van der Waals surface area contributed by atoms with Crippen molar-refractivity contribution in [3.63, 3.8) is 0 Å². The molecule has 1 N–H and O–H groups in total. The molecule has 0 bridgehead atoms. The molecule has 2 amide bonds. The molecule has 7 nitrogen and oxygen atoms in total. The fraction of sp³-hybridized carbons (Fsp3) is 0.276. The minimum atomic E-state index is -0.0925. The number of benzene rings is 3. The Labute approximate surface area is 224 Å². The minimum Gasteiger partial charge on any atom is -0.496 e. The number of hydrogen-bond donors (Lipinski definition) is 1. The standard InChI is InChI=1S/C29H29BrN4O3/c1-37-27-17-23(30)9-6-22(27)16-29(36)33-14-12-21(13-15-33)20-7-10-24(11-8-20)32-28(35)18-34-19-31-25-4-2-3-5-26(25)34/h2-11,17,19,21H,12-16,18H2,1H3,(H,32,35). The first-order valence-electron chi connectivity index (χ1n) is 12.4. The van der Waals surface area contributed by atoms with Gasteiger partial charge in [0.25, 0.3) is 0 Å². The number of fused-ring (bicyclic) bond motifs is 1. The Balaban J connectivity index is 1.13. The highest BCUT2D eigenvalue weighted by molar-refractivity contribution is 9.10. The summed E-state index contributed by atoms with van der Waals surface area (Å²) in [5, 5.41) is 2.98. The van der Waals surface area contributed by atoms with E-state index in [1.165, 1.54) is 5.56 Å². The van der Waals surface area contributed by atoms with Crippen molar-refractivity contribution < 1.29 is 14.3 Å². The molecule has 0 spiro atoms. The zero-order valence-corrected chi connectivity index (χ0v) is 22.3. The first-order chi connectivity index (χ1) is 18.0. The second-order valence-electron chi connectivity index (χ2n) is 9.32. The van der Waals surface area contributed by atoms with E-state index in [2.05, 4.69) is 38.4 Å². The summed E-state index contributed by atoms with van der Waals surface area (Å²) in [4.78, 5) is 31.8. The SMILES string of the molecule is COc1cc(Br)ccc1CC(=O)N1CCC(c2ccc(NC(=O)Cn3cnc4ccccc43)cc2)CC1. The van der Waals surface area contributed by atoms with E-state index in [-0.39, 0.29) is 18.4 Å². The number of piperidine rings is 1. The summed E-state index contributed by atoms with van der Waals surface area (Å²) >= 11 is 3.45. The number of carbonyl (C=O) groups is 2. The molecule has 3 aromatic carbocycles. The summed E-state index contributed by atoms with van der Waals surface area (Å²) in [6.07, 6.45) is 3.87. The zero-order chi connectivity index (χ0) is 25.8. The van der Waals surface area contributed by atoms with Crippen LogP contribution in [0.1, 0.15) is 29.9 Å². The molecule has 37 heavy (non-hydrogen) atoms. The van der Waals surface area contributed by atoms with Gasteiger partial charge in [-0.25, -0.2) is 4.98 Å². The third-order valence-corrected chi connectivity index (χ3v) is 7.44. The molecular weight excluding hydrogens is 532 g/mol. The molecule has 2 heterocycles. The van der Waals surface area contributed by atoms with Crippen LogP contribution < -0.4 is 10.1 Å². The van der Waals surface area contributed by atoms with E-state index >= 15 is 0 Å². The van der Waals surface area contributed by atoms with Gasteiger partial charge < -0.3 is 19.5 Å². The molecule has 0 unspecified atom stereocenters. The van der Waals surface area contributed by atoms with Gasteiger partial charge in [0.2, 0.25) is 11.8 Å². The number of anilines is 1. The number of para-hydroxylation sites is 2. The molecule has 4 aromatic rings. The van der Waals surface area contributed by atoms with Crippen molar-refractivity contribution in [1.29, 1.82) is 0 Å². The van der Waals surface area contributed by atoms with Crippen molar-refractivity contribution in [1.82, 2.24) is 14.5 Å². The summed E-state index contributed by atoms with van der Waals surface area (Å²) in [6, 6.07) is 21.6. The van der Waals surface area contributed by atoms with Gasteiger partial charge in [-0.2, -0.15) is 0 Å². The van der Waals surface area contributed by atoms with Gasteiger partial charge in [-0.05, 0) is 60.7 Å². The predicted octanol–water partition coefficient (Wildman–Crippen LogP) is 5.39. The van der Waals surface area contributed by atoms with Gasteiger partial charge in [-0.15, -0.1) is 0 Å². The van der Waals surface area contributed by atoms with E-state index in [9.17, 15) is 9.59 Å². The van der Waals surface area contributed by atoms with E-state index in [1.54, 1.807) is 13.4 Å².